The number of nitrogens with zero attached hydrogens (tertiary/aromatic N) is 4. The van der Waals surface area contributed by atoms with Crippen molar-refractivity contribution in [3.63, 3.8) is 0 Å². The van der Waals surface area contributed by atoms with Gasteiger partial charge >= 0.3 is 6.18 Å². The maximum atomic E-state index is 12.8. The summed E-state index contributed by atoms with van der Waals surface area (Å²) in [6.07, 6.45) is -2.79. The van der Waals surface area contributed by atoms with E-state index >= 15 is 0 Å². The molecule has 12 heteroatoms. The zero-order valence-electron chi connectivity index (χ0n) is 18.9. The highest BCUT2D eigenvalue weighted by atomic mass is 19.4. The van der Waals surface area contributed by atoms with Crippen molar-refractivity contribution in [2.24, 2.45) is 0 Å². The van der Waals surface area contributed by atoms with E-state index in [1.807, 2.05) is 0 Å². The summed E-state index contributed by atoms with van der Waals surface area (Å²) in [5, 5.41) is 24.3. The van der Waals surface area contributed by atoms with Crippen LogP contribution in [-0.2, 0) is 17.5 Å². The number of aliphatic hydroxyl groups is 2. The number of aromatic nitrogens is 4. The van der Waals surface area contributed by atoms with Gasteiger partial charge in [0.25, 0.3) is 0 Å². The van der Waals surface area contributed by atoms with Crippen molar-refractivity contribution in [3.8, 4) is 5.88 Å². The normalized spacial score (nSPS) is 25.4. The Morgan fingerprint density at radius 3 is 2.46 bits per heavy atom. The van der Waals surface area contributed by atoms with E-state index < -0.39 is 36.3 Å². The topological polar surface area (TPSA) is 115 Å². The van der Waals surface area contributed by atoms with Gasteiger partial charge in [0, 0.05) is 6.04 Å². The van der Waals surface area contributed by atoms with Gasteiger partial charge in [-0.05, 0) is 37.5 Å². The Kier molecular flexibility index (Phi) is 6.28. The summed E-state index contributed by atoms with van der Waals surface area (Å²) in [6, 6.07) is 4.88. The van der Waals surface area contributed by atoms with E-state index in [1.165, 1.54) is 18.5 Å². The van der Waals surface area contributed by atoms with Crippen molar-refractivity contribution in [1.29, 1.82) is 0 Å². The van der Waals surface area contributed by atoms with Crippen LogP contribution in [0.25, 0.3) is 11.2 Å². The van der Waals surface area contributed by atoms with Crippen LogP contribution in [0.4, 0.5) is 19.1 Å². The minimum atomic E-state index is -4.41. The molecule has 2 aromatic heterocycles. The molecule has 5 rings (SSSR count). The smallest absolute Gasteiger partial charge is 0.416 e. The Morgan fingerprint density at radius 2 is 1.83 bits per heavy atom. The Labute approximate surface area is 198 Å². The Morgan fingerprint density at radius 1 is 1.11 bits per heavy atom. The van der Waals surface area contributed by atoms with Crippen molar-refractivity contribution in [3.05, 3.63) is 41.7 Å². The highest BCUT2D eigenvalue weighted by molar-refractivity contribution is 5.79. The van der Waals surface area contributed by atoms with Crippen LogP contribution in [-0.4, -0.2) is 54.1 Å². The Balaban J connectivity index is 1.46. The number of imidazole rings is 1. The van der Waals surface area contributed by atoms with Crippen LogP contribution < -0.4 is 10.1 Å². The molecule has 0 bridgehead atoms. The number of rotatable bonds is 6. The SMILES string of the molecule is C[C@H]1O[C@@H](n2c(NC3CCCC3)nc3c(OCc4ccc(C(F)(F)F)cc4)ncnc32)[C@H](O)[C@@H]1O. The molecule has 1 saturated heterocycles. The summed E-state index contributed by atoms with van der Waals surface area (Å²) in [5.74, 6) is 0.557. The third-order valence-corrected chi connectivity index (χ3v) is 6.52. The number of benzene rings is 1. The van der Waals surface area contributed by atoms with Gasteiger partial charge in [-0.15, -0.1) is 0 Å². The van der Waals surface area contributed by atoms with Gasteiger partial charge in [-0.25, -0.2) is 9.97 Å². The van der Waals surface area contributed by atoms with Crippen molar-refractivity contribution in [2.45, 2.75) is 76.0 Å². The second-order valence-corrected chi connectivity index (χ2v) is 8.98. The molecule has 4 atom stereocenters. The number of alkyl halides is 3. The summed E-state index contributed by atoms with van der Waals surface area (Å²) in [4.78, 5) is 13.1. The number of hydrogen-bond donors (Lipinski definition) is 3. The lowest BCUT2D eigenvalue weighted by Crippen LogP contribution is -2.31. The maximum Gasteiger partial charge on any atom is 0.416 e. The van der Waals surface area contributed by atoms with Gasteiger partial charge in [0.1, 0.15) is 25.1 Å². The molecule has 188 valence electrons. The minimum Gasteiger partial charge on any atom is -0.471 e. The van der Waals surface area contributed by atoms with Crippen molar-refractivity contribution >= 4 is 17.1 Å². The highest BCUT2D eigenvalue weighted by Gasteiger charge is 2.43. The second-order valence-electron chi connectivity index (χ2n) is 8.98. The fourth-order valence-electron chi connectivity index (χ4n) is 4.57. The third kappa shape index (κ3) is 4.65. The molecule has 3 N–H and O–H groups in total. The minimum absolute atomic E-state index is 0.0270. The average molecular weight is 493 g/mol. The summed E-state index contributed by atoms with van der Waals surface area (Å²) < 4.78 is 51.7. The lowest BCUT2D eigenvalue weighted by atomic mass is 10.1. The zero-order chi connectivity index (χ0) is 24.7. The molecule has 1 aliphatic heterocycles. The predicted octanol–water partition coefficient (Wildman–Crippen LogP) is 3.42. The molecule has 0 spiro atoms. The maximum absolute atomic E-state index is 12.8. The van der Waals surface area contributed by atoms with Crippen LogP contribution in [0, 0.1) is 0 Å². The molecule has 0 unspecified atom stereocenters. The molecule has 1 aromatic carbocycles. The molecule has 1 saturated carbocycles. The monoisotopic (exact) mass is 493 g/mol. The number of nitrogens with one attached hydrogen (secondary N) is 1. The summed E-state index contributed by atoms with van der Waals surface area (Å²) in [7, 11) is 0. The molecule has 2 aliphatic rings. The molecule has 1 aliphatic carbocycles. The molecule has 2 fully saturated rings. The number of aliphatic hydroxyl groups excluding tert-OH is 2. The quantitative estimate of drug-likeness (QED) is 0.479. The Bertz CT molecular complexity index is 1180. The molecular formula is C23H26F3N5O4. The fraction of sp³-hybridized carbons (Fsp3) is 0.522. The van der Waals surface area contributed by atoms with E-state index in [0.717, 1.165) is 37.8 Å². The first kappa shape index (κ1) is 23.8. The van der Waals surface area contributed by atoms with Gasteiger partial charge < -0.3 is 25.0 Å². The number of fused-ring (bicyclic) bond motifs is 1. The van der Waals surface area contributed by atoms with Gasteiger partial charge in [0.05, 0.1) is 11.7 Å². The molecule has 0 radical (unpaired) electrons. The van der Waals surface area contributed by atoms with E-state index in [9.17, 15) is 23.4 Å². The number of hydrogen-bond acceptors (Lipinski definition) is 8. The highest BCUT2D eigenvalue weighted by Crippen LogP contribution is 2.37. The van der Waals surface area contributed by atoms with E-state index in [-0.39, 0.29) is 18.5 Å². The number of anilines is 1. The molecule has 3 heterocycles. The van der Waals surface area contributed by atoms with E-state index in [0.29, 0.717) is 22.7 Å². The summed E-state index contributed by atoms with van der Waals surface area (Å²) >= 11 is 0. The van der Waals surface area contributed by atoms with Crippen LogP contribution in [0.3, 0.4) is 0 Å². The van der Waals surface area contributed by atoms with Crippen LogP contribution >= 0.6 is 0 Å². The van der Waals surface area contributed by atoms with Crippen molar-refractivity contribution in [1.82, 2.24) is 19.5 Å². The third-order valence-electron chi connectivity index (χ3n) is 6.52. The lowest BCUT2D eigenvalue weighted by molar-refractivity contribution is -0.137. The standard InChI is InChI=1S/C23H26F3N5O4/c1-12-17(32)18(33)21(35-12)31-19-16(30-22(31)29-15-4-2-3-5-15)20(28-11-27-19)34-10-13-6-8-14(9-7-13)23(24,25)26/h6-9,11-12,15,17-18,21,32-33H,2-5,10H2,1H3,(H,29,30)/t12-,17-,18-,21-/m1/s1. The van der Waals surface area contributed by atoms with Gasteiger partial charge in [-0.1, -0.05) is 25.0 Å². The van der Waals surface area contributed by atoms with Gasteiger partial charge in [-0.2, -0.15) is 18.2 Å². The van der Waals surface area contributed by atoms with Crippen LogP contribution in [0.5, 0.6) is 5.88 Å². The second kappa shape index (κ2) is 9.25. The summed E-state index contributed by atoms with van der Waals surface area (Å²) in [6.45, 7) is 1.64. The number of ether oxygens (including phenoxy) is 2. The summed E-state index contributed by atoms with van der Waals surface area (Å²) in [5.41, 5.74) is 0.441. The van der Waals surface area contributed by atoms with Crippen LogP contribution in [0.2, 0.25) is 0 Å². The Hall–Kier alpha value is -2.96. The average Bonchev–Trinajstić information content (AvgIpc) is 3.53. The van der Waals surface area contributed by atoms with E-state index in [1.54, 1.807) is 11.5 Å². The molecule has 9 nitrogen and oxygen atoms in total. The van der Waals surface area contributed by atoms with Gasteiger partial charge in [0.15, 0.2) is 17.4 Å². The largest absolute Gasteiger partial charge is 0.471 e. The molecule has 0 amide bonds. The first-order chi connectivity index (χ1) is 16.7. The zero-order valence-corrected chi connectivity index (χ0v) is 18.9. The van der Waals surface area contributed by atoms with Crippen LogP contribution in [0.15, 0.2) is 30.6 Å². The van der Waals surface area contributed by atoms with E-state index in [2.05, 4.69) is 20.3 Å². The lowest BCUT2D eigenvalue weighted by Gasteiger charge is -2.21. The van der Waals surface area contributed by atoms with Crippen molar-refractivity contribution < 1.29 is 32.9 Å². The predicted molar refractivity (Wildman–Crippen MR) is 119 cm³/mol. The molecule has 3 aromatic rings. The number of halogens is 3. The molecule has 35 heavy (non-hydrogen) atoms. The van der Waals surface area contributed by atoms with Crippen LogP contribution in [0.1, 0.15) is 50.0 Å². The molecular weight excluding hydrogens is 467 g/mol. The van der Waals surface area contributed by atoms with Crippen molar-refractivity contribution in [2.75, 3.05) is 5.32 Å². The van der Waals surface area contributed by atoms with Gasteiger partial charge in [0.2, 0.25) is 11.8 Å². The van der Waals surface area contributed by atoms with E-state index in [4.69, 9.17) is 9.47 Å². The van der Waals surface area contributed by atoms with Gasteiger partial charge in [-0.3, -0.25) is 4.57 Å². The first-order valence-corrected chi connectivity index (χ1v) is 11.5. The fourth-order valence-corrected chi connectivity index (χ4v) is 4.57. The first-order valence-electron chi connectivity index (χ1n) is 11.5.